The second kappa shape index (κ2) is 6.65. The second-order valence-corrected chi connectivity index (χ2v) is 6.40. The Bertz CT molecular complexity index is 745. The van der Waals surface area contributed by atoms with Crippen LogP contribution in [0, 0.1) is 0 Å². The van der Waals surface area contributed by atoms with Gasteiger partial charge in [0, 0.05) is 0 Å². The second-order valence-electron chi connectivity index (χ2n) is 5.17. The molecule has 0 bridgehead atoms. The van der Waals surface area contributed by atoms with Gasteiger partial charge in [0.2, 0.25) is 0 Å². The number of hydrogen-bond donors (Lipinski definition) is 0. The van der Waals surface area contributed by atoms with Gasteiger partial charge in [0.15, 0.2) is 0 Å². The molecule has 2 aromatic rings. The zero-order valence-electron chi connectivity index (χ0n) is 11.4. The molecule has 0 heterocycles. The van der Waals surface area contributed by atoms with E-state index in [4.69, 9.17) is 0 Å². The van der Waals surface area contributed by atoms with Gasteiger partial charge in [-0.1, -0.05) is 0 Å². The van der Waals surface area contributed by atoms with E-state index in [0.717, 1.165) is 12.8 Å². The molecule has 0 fully saturated rings. The summed E-state index contributed by atoms with van der Waals surface area (Å²) in [5.41, 5.74) is 8.88. The molecule has 0 saturated carbocycles. The van der Waals surface area contributed by atoms with Crippen LogP contribution >= 0.6 is 0 Å². The van der Waals surface area contributed by atoms with Crippen LogP contribution in [0.15, 0.2) is 54.6 Å². The van der Waals surface area contributed by atoms with E-state index in [-0.39, 0.29) is 24.8 Å². The van der Waals surface area contributed by atoms with Crippen molar-refractivity contribution in [3.05, 3.63) is 71.3 Å². The minimum atomic E-state index is 0. The van der Waals surface area contributed by atoms with Gasteiger partial charge in [0.05, 0.1) is 0 Å². The predicted molar refractivity (Wildman–Crippen MR) is 76.1 cm³/mol. The number of rotatable bonds is 1. The summed E-state index contributed by atoms with van der Waals surface area (Å²) in [4.78, 5) is 0. The molecule has 0 atom stereocenters. The van der Waals surface area contributed by atoms with Gasteiger partial charge in [-0.15, -0.1) is 0 Å². The van der Waals surface area contributed by atoms with Gasteiger partial charge < -0.3 is 24.8 Å². The Kier molecular flexibility index (Phi) is 5.30. The third kappa shape index (κ3) is 2.72. The Labute approximate surface area is 153 Å². The minimum absolute atomic E-state index is 0. The fraction of sp³-hybridized carbons (Fsp3) is 0.111. The third-order valence-corrected chi connectivity index (χ3v) is 5.51. The predicted octanol–water partition coefficient (Wildman–Crippen LogP) is -2.22. The summed E-state index contributed by atoms with van der Waals surface area (Å²) in [5.74, 6) is 0. The molecule has 2 aliphatic rings. The van der Waals surface area contributed by atoms with Crippen molar-refractivity contribution < 1.29 is 49.5 Å². The van der Waals surface area contributed by atoms with Crippen molar-refractivity contribution in [3.63, 3.8) is 0 Å². The molecule has 21 heavy (non-hydrogen) atoms. The molecule has 2 aliphatic carbocycles. The monoisotopic (exact) mass is 389 g/mol. The van der Waals surface area contributed by atoms with E-state index < -0.39 is 0 Å². The molecule has 0 saturated heterocycles. The van der Waals surface area contributed by atoms with E-state index in [1.807, 2.05) is 0 Å². The first-order chi connectivity index (χ1) is 9.34. The Morgan fingerprint density at radius 1 is 0.857 bits per heavy atom. The van der Waals surface area contributed by atoms with Gasteiger partial charge in [-0.05, 0) is 0 Å². The van der Waals surface area contributed by atoms with Crippen LogP contribution in [0.1, 0.15) is 23.1 Å². The van der Waals surface area contributed by atoms with Gasteiger partial charge in [-0.2, -0.15) is 0 Å². The molecule has 0 aliphatic heterocycles. The molecule has 103 valence electrons. The standard InChI is InChI=1S/C18H13.2ClH.Zr/c1-2-6-13(5-1)14-9-10-18-16(11-14)12-15-7-3-4-8-17(15)18;;;/h1-5,7-10H,6,12H2;2*1H;/q;;;+2/p-2. The number of halogens is 2. The van der Waals surface area contributed by atoms with Crippen molar-refractivity contribution in [1.29, 1.82) is 0 Å². The maximum atomic E-state index is 2.32. The van der Waals surface area contributed by atoms with Crippen molar-refractivity contribution in [2.45, 2.75) is 12.8 Å². The Balaban J connectivity index is 0.000000807. The van der Waals surface area contributed by atoms with Crippen LogP contribution in [0.5, 0.6) is 0 Å². The molecule has 4 rings (SSSR count). The summed E-state index contributed by atoms with van der Waals surface area (Å²) in [6, 6.07) is 13.5. The Morgan fingerprint density at radius 3 is 2.38 bits per heavy atom. The molecule has 0 spiro atoms. The SMILES string of the molecule is [Cl-].[Cl-].[Zr+2][c]1c(C2=CC=CC2)ccc2c1Cc1ccccc1-2. The first kappa shape index (κ1) is 16.7. The molecular weight excluding hydrogens is 378 g/mol. The van der Waals surface area contributed by atoms with Gasteiger partial charge in [-0.3, -0.25) is 0 Å². The maximum absolute atomic E-state index is 2.32. The van der Waals surface area contributed by atoms with Crippen molar-refractivity contribution in [1.82, 2.24) is 0 Å². The molecule has 0 radical (unpaired) electrons. The van der Waals surface area contributed by atoms with Crippen molar-refractivity contribution in [3.8, 4) is 11.1 Å². The fourth-order valence-corrected chi connectivity index (χ4v) is 4.27. The molecular formula is C18H13Cl2Zr. The molecule has 0 aromatic heterocycles. The average Bonchev–Trinajstić information content (AvgIpc) is 3.06. The number of allylic oxidation sites excluding steroid dienone is 4. The average molecular weight is 391 g/mol. The van der Waals surface area contributed by atoms with Crippen LogP contribution in [0.25, 0.3) is 16.7 Å². The van der Waals surface area contributed by atoms with E-state index >= 15 is 0 Å². The normalized spacial score (nSPS) is 13.9. The quantitative estimate of drug-likeness (QED) is 0.441. The summed E-state index contributed by atoms with van der Waals surface area (Å²) in [7, 11) is 0. The molecule has 0 unspecified atom stereocenters. The van der Waals surface area contributed by atoms with E-state index in [0.29, 0.717) is 0 Å². The zero-order chi connectivity index (χ0) is 12.8. The van der Waals surface area contributed by atoms with Crippen LogP contribution < -0.4 is 28.1 Å². The molecule has 0 N–H and O–H groups in total. The topological polar surface area (TPSA) is 0 Å². The number of hydrogen-bond acceptors (Lipinski definition) is 0. The summed E-state index contributed by atoms with van der Waals surface area (Å²) in [6.07, 6.45) is 8.88. The zero-order valence-corrected chi connectivity index (χ0v) is 15.3. The van der Waals surface area contributed by atoms with E-state index in [9.17, 15) is 0 Å². The van der Waals surface area contributed by atoms with E-state index in [1.54, 1.807) is 8.83 Å². The van der Waals surface area contributed by atoms with Crippen molar-refractivity contribution in [2.24, 2.45) is 0 Å². The van der Waals surface area contributed by atoms with Crippen molar-refractivity contribution in [2.75, 3.05) is 0 Å². The molecule has 2 aromatic carbocycles. The summed E-state index contributed by atoms with van der Waals surface area (Å²) in [5, 5.41) is 0. The number of fused-ring (bicyclic) bond motifs is 3. The van der Waals surface area contributed by atoms with Crippen LogP contribution in [-0.4, -0.2) is 0 Å². The molecule has 0 amide bonds. The van der Waals surface area contributed by atoms with Crippen LogP contribution in [0.4, 0.5) is 0 Å². The number of benzene rings is 2. The van der Waals surface area contributed by atoms with E-state index in [1.165, 1.54) is 52.5 Å². The Morgan fingerprint density at radius 2 is 1.62 bits per heavy atom. The fourth-order valence-electron chi connectivity index (χ4n) is 3.13. The van der Waals surface area contributed by atoms with Crippen LogP contribution in [0.3, 0.4) is 0 Å². The Hall–Kier alpha value is -0.617. The van der Waals surface area contributed by atoms with Gasteiger partial charge in [-0.25, -0.2) is 0 Å². The van der Waals surface area contributed by atoms with Gasteiger partial charge in [0.1, 0.15) is 0 Å². The molecule has 0 nitrogen and oxygen atoms in total. The summed E-state index contributed by atoms with van der Waals surface area (Å²) in [6.45, 7) is 0. The van der Waals surface area contributed by atoms with E-state index in [2.05, 4.69) is 54.6 Å². The van der Waals surface area contributed by atoms with Gasteiger partial charge in [0.25, 0.3) is 0 Å². The summed E-state index contributed by atoms with van der Waals surface area (Å²) >= 11 is 1.53. The van der Waals surface area contributed by atoms with Crippen LogP contribution in [0.2, 0.25) is 0 Å². The van der Waals surface area contributed by atoms with Gasteiger partial charge >= 0.3 is 129 Å². The first-order valence-corrected chi connectivity index (χ1v) is 7.89. The van der Waals surface area contributed by atoms with Crippen molar-refractivity contribution >= 4 is 8.84 Å². The third-order valence-electron chi connectivity index (χ3n) is 4.10. The first-order valence-electron chi connectivity index (χ1n) is 6.66. The van der Waals surface area contributed by atoms with Crippen LogP contribution in [-0.2, 0) is 31.1 Å². The summed E-state index contributed by atoms with van der Waals surface area (Å²) < 4.78 is 1.55. The molecule has 3 heteroatoms.